The number of rotatable bonds is 1. The Labute approximate surface area is 74.2 Å². The van der Waals surface area contributed by atoms with E-state index in [-0.39, 0.29) is 11.8 Å². The highest BCUT2D eigenvalue weighted by Gasteiger charge is 2.24. The fourth-order valence-corrected chi connectivity index (χ4v) is 1.65. The highest BCUT2D eigenvalue weighted by atomic mass is 127. The largest absolute Gasteiger partial charge is 0.378 e. The topological polar surface area (TPSA) is 29.5 Å². The third-order valence-electron chi connectivity index (χ3n) is 1.53. The van der Waals surface area contributed by atoms with E-state index in [4.69, 9.17) is 4.74 Å². The maximum Gasteiger partial charge on any atom is 0.150 e. The smallest absolute Gasteiger partial charge is 0.150 e. The van der Waals surface area contributed by atoms with E-state index in [0.717, 1.165) is 13.2 Å². The van der Waals surface area contributed by atoms with Crippen molar-refractivity contribution in [2.75, 3.05) is 19.8 Å². The molecule has 0 aromatic heterocycles. The molecule has 1 aliphatic rings. The number of ether oxygens (including phenoxy) is 1. The van der Waals surface area contributed by atoms with Crippen LogP contribution >= 0.6 is 22.9 Å². The molecule has 0 unspecified atom stereocenters. The van der Waals surface area contributed by atoms with Crippen LogP contribution in [0.2, 0.25) is 0 Å². The molecule has 0 N–H and O–H groups in total. The molecule has 1 aliphatic heterocycles. The Kier molecular flexibility index (Phi) is 3.06. The van der Waals surface area contributed by atoms with Crippen LogP contribution < -0.4 is 0 Å². The van der Waals surface area contributed by atoms with Crippen molar-refractivity contribution in [3.8, 4) is 0 Å². The molecule has 3 nitrogen and oxygen atoms in total. The molecule has 10 heavy (non-hydrogen) atoms. The van der Waals surface area contributed by atoms with Crippen LogP contribution in [0.1, 0.15) is 6.92 Å². The van der Waals surface area contributed by atoms with Crippen LogP contribution in [0.4, 0.5) is 0 Å². The van der Waals surface area contributed by atoms with Gasteiger partial charge in [0.25, 0.3) is 0 Å². The third kappa shape index (κ3) is 1.90. The molecule has 0 bridgehead atoms. The Bertz CT molecular complexity index is 140. The summed E-state index contributed by atoms with van der Waals surface area (Å²) in [6.45, 7) is 3.75. The summed E-state index contributed by atoms with van der Waals surface area (Å²) in [5.74, 6) is 0.189. The lowest BCUT2D eigenvalue weighted by atomic mass is 10.2. The van der Waals surface area contributed by atoms with Gasteiger partial charge in [-0.3, -0.25) is 4.79 Å². The Morgan fingerprint density at radius 2 is 2.50 bits per heavy atom. The van der Waals surface area contributed by atoms with Crippen molar-refractivity contribution in [3.63, 3.8) is 0 Å². The lowest BCUT2D eigenvalue weighted by Crippen LogP contribution is -2.43. The Hall–Kier alpha value is 0.320. The van der Waals surface area contributed by atoms with E-state index >= 15 is 0 Å². The van der Waals surface area contributed by atoms with E-state index < -0.39 is 0 Å². The van der Waals surface area contributed by atoms with Gasteiger partial charge in [0.2, 0.25) is 0 Å². The van der Waals surface area contributed by atoms with Crippen molar-refractivity contribution in [1.29, 1.82) is 0 Å². The summed E-state index contributed by atoms with van der Waals surface area (Å²) in [7, 11) is 0. The minimum Gasteiger partial charge on any atom is -0.378 e. The Balaban J connectivity index is 2.47. The van der Waals surface area contributed by atoms with Crippen molar-refractivity contribution in [3.05, 3.63) is 0 Å². The standard InChI is InChI=1S/C6H10INO2/c1-5(9)6-4-10-3-2-8(6)7/h6H,2-4H2,1H3/t6-/m0/s1. The summed E-state index contributed by atoms with van der Waals surface area (Å²) in [4.78, 5) is 10.9. The number of nitrogens with zero attached hydrogens (tertiary/aromatic N) is 1. The summed E-state index contributed by atoms with van der Waals surface area (Å²) < 4.78 is 7.15. The number of ketones is 1. The summed E-state index contributed by atoms with van der Waals surface area (Å²) in [6, 6.07) is -0.0191. The first-order valence-corrected chi connectivity index (χ1v) is 4.19. The number of Topliss-reactive ketones (excluding diaryl/α,β-unsaturated/α-hetero) is 1. The lowest BCUT2D eigenvalue weighted by Gasteiger charge is -2.28. The van der Waals surface area contributed by atoms with E-state index in [1.807, 2.05) is 3.11 Å². The average molecular weight is 255 g/mol. The van der Waals surface area contributed by atoms with Gasteiger partial charge < -0.3 is 4.74 Å². The molecule has 0 amide bonds. The quantitative estimate of drug-likeness (QED) is 0.508. The van der Waals surface area contributed by atoms with Gasteiger partial charge in [-0.05, 0) is 6.92 Å². The third-order valence-corrected chi connectivity index (χ3v) is 2.69. The predicted octanol–water partition coefficient (Wildman–Crippen LogP) is 0.626. The first-order chi connectivity index (χ1) is 4.72. The van der Waals surface area contributed by atoms with Crippen LogP contribution in [0, 0.1) is 0 Å². The van der Waals surface area contributed by atoms with Crippen molar-refractivity contribution in [2.24, 2.45) is 0 Å². The fourth-order valence-electron chi connectivity index (χ4n) is 0.898. The molecule has 0 aromatic rings. The molecule has 0 aliphatic carbocycles. The highest BCUT2D eigenvalue weighted by molar-refractivity contribution is 14.1. The monoisotopic (exact) mass is 255 g/mol. The summed E-state index contributed by atoms with van der Waals surface area (Å²) in [5.41, 5.74) is 0. The zero-order valence-corrected chi connectivity index (χ0v) is 8.00. The Morgan fingerprint density at radius 1 is 1.80 bits per heavy atom. The van der Waals surface area contributed by atoms with Gasteiger partial charge in [-0.2, -0.15) is 0 Å². The molecule has 1 rings (SSSR count). The number of hydrogen-bond acceptors (Lipinski definition) is 3. The molecular formula is C6H10INO2. The van der Waals surface area contributed by atoms with Gasteiger partial charge in [0.15, 0.2) is 0 Å². The second kappa shape index (κ2) is 3.64. The number of carbonyl (C=O) groups excluding carboxylic acids is 1. The van der Waals surface area contributed by atoms with Gasteiger partial charge in [-0.15, -0.1) is 0 Å². The molecule has 58 valence electrons. The number of hydrogen-bond donors (Lipinski definition) is 0. The zero-order valence-electron chi connectivity index (χ0n) is 5.84. The van der Waals surface area contributed by atoms with Crippen LogP contribution in [-0.4, -0.2) is 34.7 Å². The van der Waals surface area contributed by atoms with Crippen LogP contribution in [0.5, 0.6) is 0 Å². The maximum absolute atomic E-state index is 10.9. The molecule has 0 radical (unpaired) electrons. The van der Waals surface area contributed by atoms with E-state index in [2.05, 4.69) is 22.9 Å². The molecule has 1 heterocycles. The molecule has 0 spiro atoms. The van der Waals surface area contributed by atoms with Crippen molar-refractivity contribution in [2.45, 2.75) is 13.0 Å². The second-order valence-corrected chi connectivity index (χ2v) is 3.56. The van der Waals surface area contributed by atoms with Gasteiger partial charge in [0.05, 0.1) is 13.2 Å². The van der Waals surface area contributed by atoms with Crippen LogP contribution in [0.15, 0.2) is 0 Å². The summed E-state index contributed by atoms with van der Waals surface area (Å²) >= 11 is 2.17. The van der Waals surface area contributed by atoms with Gasteiger partial charge in [0.1, 0.15) is 11.8 Å². The second-order valence-electron chi connectivity index (χ2n) is 2.32. The van der Waals surface area contributed by atoms with Crippen molar-refractivity contribution in [1.82, 2.24) is 3.11 Å². The van der Waals surface area contributed by atoms with Gasteiger partial charge in [-0.1, -0.05) is 0 Å². The summed E-state index contributed by atoms with van der Waals surface area (Å²) in [6.07, 6.45) is 0. The first-order valence-electron chi connectivity index (χ1n) is 3.22. The predicted molar refractivity (Wildman–Crippen MR) is 46.0 cm³/mol. The normalized spacial score (nSPS) is 28.4. The minimum absolute atomic E-state index is 0.0191. The van der Waals surface area contributed by atoms with Gasteiger partial charge in [-0.25, -0.2) is 3.11 Å². The van der Waals surface area contributed by atoms with Crippen molar-refractivity contribution < 1.29 is 9.53 Å². The first kappa shape index (κ1) is 8.42. The zero-order chi connectivity index (χ0) is 7.56. The molecule has 0 aromatic carbocycles. The number of morpholine rings is 1. The molecule has 4 heteroatoms. The van der Waals surface area contributed by atoms with Crippen molar-refractivity contribution >= 4 is 28.6 Å². The number of carbonyl (C=O) groups is 1. The van der Waals surface area contributed by atoms with Crippen LogP contribution in [0.25, 0.3) is 0 Å². The number of halogens is 1. The molecule has 0 saturated carbocycles. The molecule has 1 fully saturated rings. The van der Waals surface area contributed by atoms with E-state index in [0.29, 0.717) is 6.61 Å². The Morgan fingerprint density at radius 3 is 2.90 bits per heavy atom. The van der Waals surface area contributed by atoms with Gasteiger partial charge in [0, 0.05) is 29.4 Å². The van der Waals surface area contributed by atoms with Crippen LogP contribution in [-0.2, 0) is 9.53 Å². The van der Waals surface area contributed by atoms with Gasteiger partial charge >= 0.3 is 0 Å². The molecule has 1 saturated heterocycles. The average Bonchev–Trinajstić information content (AvgIpc) is 1.88. The van der Waals surface area contributed by atoms with E-state index in [1.165, 1.54) is 0 Å². The fraction of sp³-hybridized carbons (Fsp3) is 0.833. The maximum atomic E-state index is 10.9. The van der Waals surface area contributed by atoms with E-state index in [1.54, 1.807) is 6.92 Å². The molecular weight excluding hydrogens is 245 g/mol. The van der Waals surface area contributed by atoms with Crippen LogP contribution in [0.3, 0.4) is 0 Å². The lowest BCUT2D eigenvalue weighted by molar-refractivity contribution is -0.123. The highest BCUT2D eigenvalue weighted by Crippen LogP contribution is 2.12. The molecule has 1 atom stereocenters. The SMILES string of the molecule is CC(=O)[C@@H]1COCCN1I. The summed E-state index contributed by atoms with van der Waals surface area (Å²) in [5, 5.41) is 0. The van der Waals surface area contributed by atoms with E-state index in [9.17, 15) is 4.79 Å². The minimum atomic E-state index is -0.0191.